The molecule has 0 radical (unpaired) electrons. The third kappa shape index (κ3) is 2.80. The van der Waals surface area contributed by atoms with Crippen molar-refractivity contribution in [3.05, 3.63) is 59.0 Å². The monoisotopic (exact) mass is 340 g/mol. The Balaban J connectivity index is 1.69. The zero-order valence-corrected chi connectivity index (χ0v) is 14.6. The van der Waals surface area contributed by atoms with E-state index < -0.39 is 0 Å². The molecule has 124 valence electrons. The van der Waals surface area contributed by atoms with E-state index in [2.05, 4.69) is 22.0 Å². The summed E-state index contributed by atoms with van der Waals surface area (Å²) in [4.78, 5) is 6.82. The largest absolute Gasteiger partial charge is 0.290 e. The summed E-state index contributed by atoms with van der Waals surface area (Å²) in [6.07, 6.45) is 7.49. The van der Waals surface area contributed by atoms with E-state index in [9.17, 15) is 0 Å². The molecular weight excluding hydrogens is 320 g/mol. The van der Waals surface area contributed by atoms with E-state index >= 15 is 0 Å². The standard InChI is InChI=1S/C19H21ClN4/c1-23-18-9-4-7-15(20)19(18)16(22-23)13-24-11-3-2-8-17(24)14-6-5-10-21-12-14/h4-7,9-10,12,17H,2-3,8,11,13H2,1H3/t17-/m1/s1. The zero-order chi connectivity index (χ0) is 16.5. The minimum Gasteiger partial charge on any atom is -0.290 e. The first-order valence-electron chi connectivity index (χ1n) is 8.48. The number of aryl methyl sites for hydroxylation is 1. The molecule has 4 nitrogen and oxygen atoms in total. The number of likely N-dealkylation sites (tertiary alicyclic amines) is 1. The summed E-state index contributed by atoms with van der Waals surface area (Å²) in [6.45, 7) is 1.91. The number of halogens is 1. The van der Waals surface area contributed by atoms with E-state index in [0.717, 1.165) is 34.7 Å². The molecule has 1 aliphatic heterocycles. The van der Waals surface area contributed by atoms with Gasteiger partial charge in [0.15, 0.2) is 0 Å². The molecule has 4 rings (SSSR count). The van der Waals surface area contributed by atoms with Gasteiger partial charge in [0.25, 0.3) is 0 Å². The molecule has 1 saturated heterocycles. The molecule has 24 heavy (non-hydrogen) atoms. The maximum atomic E-state index is 6.46. The molecule has 0 saturated carbocycles. The van der Waals surface area contributed by atoms with Crippen LogP contribution in [0.1, 0.15) is 36.6 Å². The molecule has 0 aliphatic carbocycles. The highest BCUT2D eigenvalue weighted by Gasteiger charge is 2.26. The van der Waals surface area contributed by atoms with Crippen molar-refractivity contribution in [2.24, 2.45) is 7.05 Å². The maximum Gasteiger partial charge on any atom is 0.0858 e. The van der Waals surface area contributed by atoms with Crippen molar-refractivity contribution in [1.29, 1.82) is 0 Å². The number of nitrogens with zero attached hydrogens (tertiary/aromatic N) is 4. The van der Waals surface area contributed by atoms with Gasteiger partial charge in [-0.2, -0.15) is 5.10 Å². The van der Waals surface area contributed by atoms with Gasteiger partial charge in [0.2, 0.25) is 0 Å². The second-order valence-corrected chi connectivity index (χ2v) is 6.88. The van der Waals surface area contributed by atoms with Crippen molar-refractivity contribution < 1.29 is 0 Å². The van der Waals surface area contributed by atoms with E-state index in [0.29, 0.717) is 6.04 Å². The first kappa shape index (κ1) is 15.6. The Kier molecular flexibility index (Phi) is 4.25. The minimum absolute atomic E-state index is 0.409. The predicted molar refractivity (Wildman–Crippen MR) is 97.0 cm³/mol. The smallest absolute Gasteiger partial charge is 0.0858 e. The van der Waals surface area contributed by atoms with E-state index in [1.54, 1.807) is 0 Å². The van der Waals surface area contributed by atoms with Crippen LogP contribution in [-0.2, 0) is 13.6 Å². The van der Waals surface area contributed by atoms with Gasteiger partial charge in [-0.3, -0.25) is 14.6 Å². The highest BCUT2D eigenvalue weighted by atomic mass is 35.5. The molecule has 1 aliphatic rings. The molecule has 5 heteroatoms. The van der Waals surface area contributed by atoms with Crippen LogP contribution < -0.4 is 0 Å². The van der Waals surface area contributed by atoms with Gasteiger partial charge in [-0.25, -0.2) is 0 Å². The highest BCUT2D eigenvalue weighted by Crippen LogP contribution is 2.34. The van der Waals surface area contributed by atoms with E-state index in [1.165, 1.54) is 24.8 Å². The van der Waals surface area contributed by atoms with Crippen LogP contribution in [-0.4, -0.2) is 26.2 Å². The van der Waals surface area contributed by atoms with Crippen LogP contribution in [0.25, 0.3) is 10.9 Å². The number of hydrogen-bond acceptors (Lipinski definition) is 3. The molecule has 0 bridgehead atoms. The fraction of sp³-hybridized carbons (Fsp3) is 0.368. The first-order valence-corrected chi connectivity index (χ1v) is 8.86. The highest BCUT2D eigenvalue weighted by molar-refractivity contribution is 6.35. The van der Waals surface area contributed by atoms with Crippen molar-refractivity contribution >= 4 is 22.5 Å². The quantitative estimate of drug-likeness (QED) is 0.710. The van der Waals surface area contributed by atoms with Crippen LogP contribution in [0.5, 0.6) is 0 Å². The molecule has 1 aromatic carbocycles. The van der Waals surface area contributed by atoms with E-state index in [4.69, 9.17) is 16.7 Å². The van der Waals surface area contributed by atoms with Gasteiger partial charge in [0, 0.05) is 37.4 Å². The van der Waals surface area contributed by atoms with Gasteiger partial charge in [0.1, 0.15) is 0 Å². The molecule has 1 atom stereocenters. The first-order chi connectivity index (χ1) is 11.7. The van der Waals surface area contributed by atoms with Crippen LogP contribution >= 0.6 is 11.6 Å². The van der Waals surface area contributed by atoms with Gasteiger partial charge in [-0.1, -0.05) is 30.2 Å². The van der Waals surface area contributed by atoms with Crippen LogP contribution in [0.15, 0.2) is 42.7 Å². The average molecular weight is 341 g/mol. The van der Waals surface area contributed by atoms with Crippen LogP contribution in [0.2, 0.25) is 5.02 Å². The van der Waals surface area contributed by atoms with Crippen molar-refractivity contribution in [1.82, 2.24) is 19.7 Å². The number of fused-ring (bicyclic) bond motifs is 1. The second-order valence-electron chi connectivity index (χ2n) is 6.47. The Morgan fingerprint density at radius 1 is 1.21 bits per heavy atom. The summed E-state index contributed by atoms with van der Waals surface area (Å²) in [5.74, 6) is 0. The molecule has 0 unspecified atom stereocenters. The van der Waals surface area contributed by atoms with Crippen molar-refractivity contribution in [2.45, 2.75) is 31.8 Å². The summed E-state index contributed by atoms with van der Waals surface area (Å²) < 4.78 is 1.93. The zero-order valence-electron chi connectivity index (χ0n) is 13.8. The third-order valence-electron chi connectivity index (χ3n) is 4.94. The average Bonchev–Trinajstić information content (AvgIpc) is 2.93. The predicted octanol–water partition coefficient (Wildman–Crippen LogP) is 4.35. The maximum absolute atomic E-state index is 6.46. The molecule has 3 heterocycles. The van der Waals surface area contributed by atoms with Crippen LogP contribution in [0.3, 0.4) is 0 Å². The second kappa shape index (κ2) is 6.54. The number of rotatable bonds is 3. The lowest BCUT2D eigenvalue weighted by Crippen LogP contribution is -2.33. The lowest BCUT2D eigenvalue weighted by molar-refractivity contribution is 0.138. The van der Waals surface area contributed by atoms with Gasteiger partial charge in [-0.15, -0.1) is 0 Å². The van der Waals surface area contributed by atoms with Crippen molar-refractivity contribution in [3.63, 3.8) is 0 Å². The summed E-state index contributed by atoms with van der Waals surface area (Å²) in [5.41, 5.74) is 3.45. The Morgan fingerprint density at radius 2 is 2.12 bits per heavy atom. The van der Waals surface area contributed by atoms with Gasteiger partial charge in [-0.05, 0) is 43.1 Å². The normalized spacial score (nSPS) is 19.0. The van der Waals surface area contributed by atoms with Crippen LogP contribution in [0.4, 0.5) is 0 Å². The van der Waals surface area contributed by atoms with Crippen LogP contribution in [0, 0.1) is 0 Å². The Labute approximate surface area is 147 Å². The number of pyridine rings is 1. The molecule has 3 aromatic rings. The van der Waals surface area contributed by atoms with Gasteiger partial charge >= 0.3 is 0 Å². The minimum atomic E-state index is 0.409. The van der Waals surface area contributed by atoms with Crippen molar-refractivity contribution in [3.8, 4) is 0 Å². The topological polar surface area (TPSA) is 34.0 Å². The van der Waals surface area contributed by atoms with E-state index in [1.807, 2.05) is 42.3 Å². The van der Waals surface area contributed by atoms with E-state index in [-0.39, 0.29) is 0 Å². The Hall–Kier alpha value is -1.91. The number of piperidine rings is 1. The lowest BCUT2D eigenvalue weighted by atomic mass is 9.96. The Morgan fingerprint density at radius 3 is 2.96 bits per heavy atom. The molecule has 0 spiro atoms. The van der Waals surface area contributed by atoms with Crippen molar-refractivity contribution in [2.75, 3.05) is 6.54 Å². The SMILES string of the molecule is Cn1nc(CN2CCCC[C@@H]2c2cccnc2)c2c(Cl)cccc21. The molecule has 0 N–H and O–H groups in total. The van der Waals surface area contributed by atoms with Gasteiger partial charge in [0.05, 0.1) is 16.2 Å². The number of hydrogen-bond donors (Lipinski definition) is 0. The molecule has 2 aromatic heterocycles. The summed E-state index contributed by atoms with van der Waals surface area (Å²) >= 11 is 6.46. The summed E-state index contributed by atoms with van der Waals surface area (Å²) in [5, 5.41) is 6.61. The summed E-state index contributed by atoms with van der Waals surface area (Å²) in [7, 11) is 1.98. The fourth-order valence-corrected chi connectivity index (χ4v) is 4.07. The number of benzene rings is 1. The lowest BCUT2D eigenvalue weighted by Gasteiger charge is -2.35. The number of aromatic nitrogens is 3. The molecule has 1 fully saturated rings. The molecular formula is C19H21ClN4. The fourth-order valence-electron chi connectivity index (χ4n) is 3.79. The van der Waals surface area contributed by atoms with Gasteiger partial charge < -0.3 is 0 Å². The summed E-state index contributed by atoms with van der Waals surface area (Å²) in [6, 6.07) is 10.6. The third-order valence-corrected chi connectivity index (χ3v) is 5.25. The Bertz CT molecular complexity index is 843. The molecule has 0 amide bonds.